The van der Waals surface area contributed by atoms with Gasteiger partial charge in [0.05, 0.1) is 6.61 Å². The first-order chi connectivity index (χ1) is 9.29. The van der Waals surface area contributed by atoms with Crippen LogP contribution in [0.2, 0.25) is 0 Å². The molecule has 0 aliphatic heterocycles. The molecule has 4 aromatic rings. The van der Waals surface area contributed by atoms with Crippen LogP contribution in [0.1, 0.15) is 5.56 Å². The van der Waals surface area contributed by atoms with E-state index in [1.54, 1.807) is 0 Å². The molecule has 0 bridgehead atoms. The Morgan fingerprint density at radius 1 is 0.842 bits per heavy atom. The van der Waals surface area contributed by atoms with Gasteiger partial charge >= 0.3 is 0 Å². The number of aliphatic hydroxyl groups excluding tert-OH is 1. The highest BCUT2D eigenvalue weighted by atomic mass is 79.9. The smallest absolute Gasteiger partial charge is 0.0687 e. The fraction of sp³-hybridized carbons (Fsp3) is 0.0588. The first kappa shape index (κ1) is 11.2. The summed E-state index contributed by atoms with van der Waals surface area (Å²) in [4.78, 5) is 0. The maximum Gasteiger partial charge on any atom is 0.0687 e. The first-order valence-corrected chi connectivity index (χ1v) is 7.04. The summed E-state index contributed by atoms with van der Waals surface area (Å²) in [6.45, 7) is 0.0787. The topological polar surface area (TPSA) is 20.2 Å². The molecule has 0 amide bonds. The molecule has 2 heteroatoms. The number of hydrogen-bond donors (Lipinski definition) is 1. The van der Waals surface area contributed by atoms with Gasteiger partial charge in [-0.2, -0.15) is 0 Å². The van der Waals surface area contributed by atoms with Crippen LogP contribution in [0.3, 0.4) is 0 Å². The summed E-state index contributed by atoms with van der Waals surface area (Å²) in [5.41, 5.74) is 0.988. The van der Waals surface area contributed by atoms with Crippen molar-refractivity contribution in [3.8, 4) is 0 Å². The van der Waals surface area contributed by atoms with E-state index in [-0.39, 0.29) is 6.61 Å². The number of halogens is 1. The van der Waals surface area contributed by atoms with Crippen LogP contribution < -0.4 is 0 Å². The average molecular weight is 311 g/mol. The minimum Gasteiger partial charge on any atom is -0.392 e. The van der Waals surface area contributed by atoms with Crippen molar-refractivity contribution in [3.05, 3.63) is 58.6 Å². The highest BCUT2D eigenvalue weighted by molar-refractivity contribution is 9.10. The number of aliphatic hydroxyl groups is 1. The molecule has 0 saturated heterocycles. The second kappa shape index (κ2) is 3.92. The van der Waals surface area contributed by atoms with Gasteiger partial charge in [0.25, 0.3) is 0 Å². The van der Waals surface area contributed by atoms with E-state index in [2.05, 4.69) is 58.4 Å². The van der Waals surface area contributed by atoms with Crippen molar-refractivity contribution in [1.82, 2.24) is 0 Å². The molecule has 19 heavy (non-hydrogen) atoms. The number of rotatable bonds is 1. The maximum absolute atomic E-state index is 9.51. The predicted octanol–water partition coefficient (Wildman–Crippen LogP) is 4.84. The van der Waals surface area contributed by atoms with Gasteiger partial charge in [-0.3, -0.25) is 0 Å². The molecule has 0 saturated carbocycles. The Labute approximate surface area is 118 Å². The van der Waals surface area contributed by atoms with Crippen LogP contribution in [0.4, 0.5) is 0 Å². The zero-order valence-electron chi connectivity index (χ0n) is 10.2. The molecular weight excluding hydrogens is 300 g/mol. The molecule has 0 spiro atoms. The van der Waals surface area contributed by atoms with Crippen LogP contribution in [0.15, 0.2) is 53.0 Å². The fourth-order valence-electron chi connectivity index (χ4n) is 2.98. The standard InChI is InChI=1S/C17H11BrO/c18-15-8-11-4-5-12(9-19)13-7-6-10-2-1-3-14(15)16(10)17(11)13/h1-8,19H,9H2. The average Bonchev–Trinajstić information content (AvgIpc) is 2.45. The molecule has 0 aliphatic carbocycles. The Balaban J connectivity index is 2.41. The van der Waals surface area contributed by atoms with Crippen molar-refractivity contribution in [3.63, 3.8) is 0 Å². The lowest BCUT2D eigenvalue weighted by Crippen LogP contribution is -1.90. The minimum atomic E-state index is 0.0787. The van der Waals surface area contributed by atoms with Crippen LogP contribution in [-0.4, -0.2) is 5.11 Å². The van der Waals surface area contributed by atoms with E-state index in [0.29, 0.717) is 0 Å². The summed E-state index contributed by atoms with van der Waals surface area (Å²) in [5, 5.41) is 16.9. The van der Waals surface area contributed by atoms with Crippen molar-refractivity contribution in [1.29, 1.82) is 0 Å². The van der Waals surface area contributed by atoms with Crippen LogP contribution >= 0.6 is 15.9 Å². The molecule has 0 unspecified atom stereocenters. The molecule has 0 aliphatic rings. The lowest BCUT2D eigenvalue weighted by atomic mass is 9.92. The SMILES string of the molecule is OCc1ccc2cc(Br)c3cccc4ccc1c2c43. The molecule has 4 aromatic carbocycles. The largest absolute Gasteiger partial charge is 0.392 e. The molecule has 92 valence electrons. The molecular formula is C17H11BrO. The van der Waals surface area contributed by atoms with Gasteiger partial charge in [-0.05, 0) is 43.9 Å². The second-order valence-electron chi connectivity index (χ2n) is 4.86. The van der Waals surface area contributed by atoms with Gasteiger partial charge in [-0.25, -0.2) is 0 Å². The summed E-state index contributed by atoms with van der Waals surface area (Å²) < 4.78 is 1.12. The zero-order valence-corrected chi connectivity index (χ0v) is 11.7. The lowest BCUT2D eigenvalue weighted by Gasteiger charge is -2.14. The van der Waals surface area contributed by atoms with Crippen molar-refractivity contribution in [2.24, 2.45) is 0 Å². The first-order valence-electron chi connectivity index (χ1n) is 6.25. The van der Waals surface area contributed by atoms with E-state index in [9.17, 15) is 5.11 Å². The monoisotopic (exact) mass is 310 g/mol. The molecule has 4 rings (SSSR count). The number of hydrogen-bond acceptors (Lipinski definition) is 1. The Morgan fingerprint density at radius 3 is 2.47 bits per heavy atom. The lowest BCUT2D eigenvalue weighted by molar-refractivity contribution is 0.283. The van der Waals surface area contributed by atoms with Gasteiger partial charge in [0, 0.05) is 4.47 Å². The van der Waals surface area contributed by atoms with E-state index in [0.717, 1.165) is 15.4 Å². The maximum atomic E-state index is 9.51. The van der Waals surface area contributed by atoms with E-state index in [1.165, 1.54) is 26.9 Å². The Kier molecular flexibility index (Phi) is 2.32. The minimum absolute atomic E-state index is 0.0787. The van der Waals surface area contributed by atoms with Crippen molar-refractivity contribution in [2.45, 2.75) is 6.61 Å². The third-order valence-electron chi connectivity index (χ3n) is 3.85. The van der Waals surface area contributed by atoms with Gasteiger partial charge < -0.3 is 5.11 Å². The molecule has 1 nitrogen and oxygen atoms in total. The van der Waals surface area contributed by atoms with Crippen molar-refractivity contribution < 1.29 is 5.11 Å². The number of benzene rings is 4. The van der Waals surface area contributed by atoms with Crippen LogP contribution in [0.5, 0.6) is 0 Å². The summed E-state index contributed by atoms with van der Waals surface area (Å²) >= 11 is 3.66. The molecule has 0 fully saturated rings. The van der Waals surface area contributed by atoms with Gasteiger partial charge in [-0.15, -0.1) is 0 Å². The van der Waals surface area contributed by atoms with E-state index in [4.69, 9.17) is 0 Å². The van der Waals surface area contributed by atoms with Crippen LogP contribution in [0.25, 0.3) is 32.3 Å². The van der Waals surface area contributed by atoms with E-state index in [1.807, 2.05) is 6.07 Å². The summed E-state index contributed by atoms with van der Waals surface area (Å²) in [6, 6.07) is 16.9. The van der Waals surface area contributed by atoms with Crippen molar-refractivity contribution >= 4 is 48.2 Å². The third-order valence-corrected chi connectivity index (χ3v) is 4.51. The highest BCUT2D eigenvalue weighted by Crippen LogP contribution is 2.39. The van der Waals surface area contributed by atoms with Crippen LogP contribution in [0, 0.1) is 0 Å². The van der Waals surface area contributed by atoms with Crippen LogP contribution in [-0.2, 0) is 6.61 Å². The Bertz CT molecular complexity index is 911. The third kappa shape index (κ3) is 1.44. The van der Waals surface area contributed by atoms with E-state index < -0.39 is 0 Å². The Hall–Kier alpha value is -1.64. The zero-order chi connectivity index (χ0) is 13.0. The second-order valence-corrected chi connectivity index (χ2v) is 5.71. The Morgan fingerprint density at radius 2 is 1.63 bits per heavy atom. The normalized spacial score (nSPS) is 11.9. The predicted molar refractivity (Wildman–Crippen MR) is 83.8 cm³/mol. The molecule has 0 atom stereocenters. The van der Waals surface area contributed by atoms with E-state index >= 15 is 0 Å². The summed E-state index contributed by atoms with van der Waals surface area (Å²) in [6.07, 6.45) is 0. The molecule has 1 N–H and O–H groups in total. The quantitative estimate of drug-likeness (QED) is 0.499. The molecule has 0 aromatic heterocycles. The highest BCUT2D eigenvalue weighted by Gasteiger charge is 2.12. The molecule has 0 radical (unpaired) electrons. The summed E-state index contributed by atoms with van der Waals surface area (Å²) in [7, 11) is 0. The van der Waals surface area contributed by atoms with Gasteiger partial charge in [0.2, 0.25) is 0 Å². The molecule has 0 heterocycles. The fourth-order valence-corrected chi connectivity index (χ4v) is 3.56. The van der Waals surface area contributed by atoms with Gasteiger partial charge in [0.15, 0.2) is 0 Å². The van der Waals surface area contributed by atoms with Gasteiger partial charge in [0.1, 0.15) is 0 Å². The summed E-state index contributed by atoms with van der Waals surface area (Å²) in [5.74, 6) is 0. The van der Waals surface area contributed by atoms with Gasteiger partial charge in [-0.1, -0.05) is 58.4 Å². The van der Waals surface area contributed by atoms with Crippen molar-refractivity contribution in [2.75, 3.05) is 0 Å².